The number of anilines is 1. The van der Waals surface area contributed by atoms with Crippen LogP contribution in [0.2, 0.25) is 0 Å². The zero-order valence-corrected chi connectivity index (χ0v) is 12.9. The van der Waals surface area contributed by atoms with Gasteiger partial charge >= 0.3 is 5.69 Å². The minimum absolute atomic E-state index is 0.00482. The number of phenolic OH excluding ortho intramolecular Hbond substituents is 1. The molecule has 0 spiro atoms. The summed E-state index contributed by atoms with van der Waals surface area (Å²) >= 11 is 3.28. The van der Waals surface area contributed by atoms with E-state index in [9.17, 15) is 15.2 Å². The van der Waals surface area contributed by atoms with Gasteiger partial charge in [-0.25, -0.2) is 4.98 Å². The van der Waals surface area contributed by atoms with Crippen LogP contribution in [0.5, 0.6) is 11.5 Å². The van der Waals surface area contributed by atoms with Crippen molar-refractivity contribution >= 4 is 33.6 Å². The van der Waals surface area contributed by atoms with Crippen molar-refractivity contribution in [1.29, 1.82) is 0 Å². The summed E-state index contributed by atoms with van der Waals surface area (Å²) in [4.78, 5) is 14.1. The Morgan fingerprint density at radius 1 is 1.55 bits per heavy atom. The number of benzene rings is 1. The smallest absolute Gasteiger partial charge is 0.313 e. The normalized spacial score (nSPS) is 10.6. The third-order valence-corrected chi connectivity index (χ3v) is 3.10. The van der Waals surface area contributed by atoms with Crippen molar-refractivity contribution < 1.29 is 14.8 Å². The number of halogens is 1. The maximum atomic E-state index is 10.8. The van der Waals surface area contributed by atoms with Crippen molar-refractivity contribution in [2.24, 2.45) is 5.10 Å². The monoisotopic (exact) mass is 366 g/mol. The van der Waals surface area contributed by atoms with E-state index in [-0.39, 0.29) is 23.0 Å². The van der Waals surface area contributed by atoms with Crippen molar-refractivity contribution in [3.63, 3.8) is 0 Å². The molecule has 0 radical (unpaired) electrons. The standard InChI is InChI=1S/C13H11BrN4O4/c1-22-11-6-9(14)5-8(12(11)19)7-16-17-13-10(18(20)21)3-2-4-15-13/h2-7,19H,1H3,(H,15,17). The molecule has 1 aromatic carbocycles. The van der Waals surface area contributed by atoms with Gasteiger partial charge in [-0.05, 0) is 18.2 Å². The number of hydrogen-bond donors (Lipinski definition) is 2. The first kappa shape index (κ1) is 15.7. The van der Waals surface area contributed by atoms with Gasteiger partial charge in [-0.3, -0.25) is 15.5 Å². The quantitative estimate of drug-likeness (QED) is 0.478. The largest absolute Gasteiger partial charge is 0.504 e. The van der Waals surface area contributed by atoms with Crippen molar-refractivity contribution in [1.82, 2.24) is 4.98 Å². The van der Waals surface area contributed by atoms with Crippen LogP contribution < -0.4 is 10.2 Å². The molecule has 0 aliphatic carbocycles. The van der Waals surface area contributed by atoms with E-state index in [2.05, 4.69) is 31.4 Å². The maximum Gasteiger partial charge on any atom is 0.313 e. The highest BCUT2D eigenvalue weighted by atomic mass is 79.9. The number of aromatic nitrogens is 1. The Balaban J connectivity index is 2.24. The topological polar surface area (TPSA) is 110 Å². The van der Waals surface area contributed by atoms with E-state index in [1.54, 1.807) is 12.1 Å². The highest BCUT2D eigenvalue weighted by molar-refractivity contribution is 9.10. The molecule has 0 aliphatic heterocycles. The molecule has 0 fully saturated rings. The summed E-state index contributed by atoms with van der Waals surface area (Å²) in [6.07, 6.45) is 2.71. The van der Waals surface area contributed by atoms with Crippen LogP contribution in [-0.2, 0) is 0 Å². The second-order valence-electron chi connectivity index (χ2n) is 4.04. The molecule has 0 atom stereocenters. The van der Waals surface area contributed by atoms with E-state index in [1.807, 2.05) is 0 Å². The summed E-state index contributed by atoms with van der Waals surface area (Å²) in [5.74, 6) is 0.191. The second-order valence-corrected chi connectivity index (χ2v) is 4.96. The van der Waals surface area contributed by atoms with Gasteiger partial charge < -0.3 is 9.84 Å². The molecule has 0 saturated carbocycles. The predicted octanol–water partition coefficient (Wildman–Crippen LogP) is 2.91. The molecule has 0 saturated heterocycles. The van der Waals surface area contributed by atoms with Gasteiger partial charge in [-0.15, -0.1) is 0 Å². The lowest BCUT2D eigenvalue weighted by molar-refractivity contribution is -0.384. The average Bonchev–Trinajstić information content (AvgIpc) is 2.50. The van der Waals surface area contributed by atoms with Gasteiger partial charge in [-0.1, -0.05) is 15.9 Å². The number of ether oxygens (including phenoxy) is 1. The van der Waals surface area contributed by atoms with Crippen molar-refractivity contribution in [3.05, 3.63) is 50.6 Å². The van der Waals surface area contributed by atoms with Crippen LogP contribution in [-0.4, -0.2) is 28.3 Å². The Bertz CT molecular complexity index is 736. The van der Waals surface area contributed by atoms with Gasteiger partial charge in [0, 0.05) is 22.3 Å². The lowest BCUT2D eigenvalue weighted by Gasteiger charge is -2.06. The van der Waals surface area contributed by atoms with E-state index in [4.69, 9.17) is 4.74 Å². The second kappa shape index (κ2) is 6.85. The fourth-order valence-corrected chi connectivity index (χ4v) is 2.10. The van der Waals surface area contributed by atoms with Crippen LogP contribution in [0.3, 0.4) is 0 Å². The lowest BCUT2D eigenvalue weighted by Crippen LogP contribution is -1.99. The molecule has 114 valence electrons. The average molecular weight is 367 g/mol. The molecule has 0 bridgehead atoms. The van der Waals surface area contributed by atoms with Gasteiger partial charge in [0.05, 0.1) is 18.2 Å². The van der Waals surface area contributed by atoms with Crippen LogP contribution in [0.15, 0.2) is 40.0 Å². The molecule has 1 aromatic heterocycles. The third-order valence-electron chi connectivity index (χ3n) is 2.65. The molecule has 0 aliphatic rings. The summed E-state index contributed by atoms with van der Waals surface area (Å²) in [5.41, 5.74) is 2.65. The summed E-state index contributed by atoms with van der Waals surface area (Å²) in [6.45, 7) is 0. The first-order chi connectivity index (χ1) is 10.5. The SMILES string of the molecule is COc1cc(Br)cc(C=NNc2ncccc2[N+](=O)[O-])c1O. The molecule has 2 rings (SSSR count). The fourth-order valence-electron chi connectivity index (χ4n) is 1.64. The lowest BCUT2D eigenvalue weighted by atomic mass is 10.2. The number of phenols is 1. The number of nitro groups is 1. The third kappa shape index (κ3) is 3.50. The van der Waals surface area contributed by atoms with E-state index in [0.29, 0.717) is 10.0 Å². The van der Waals surface area contributed by atoms with E-state index >= 15 is 0 Å². The van der Waals surface area contributed by atoms with Crippen molar-refractivity contribution in [2.75, 3.05) is 12.5 Å². The Labute approximate surface area is 133 Å². The number of nitrogens with one attached hydrogen (secondary N) is 1. The number of pyridine rings is 1. The molecule has 2 aromatic rings. The molecule has 0 unspecified atom stereocenters. The number of rotatable bonds is 5. The highest BCUT2D eigenvalue weighted by Crippen LogP contribution is 2.32. The first-order valence-corrected chi connectivity index (χ1v) is 6.77. The van der Waals surface area contributed by atoms with Crippen LogP contribution in [0.25, 0.3) is 0 Å². The molecule has 9 heteroatoms. The number of aromatic hydroxyl groups is 1. The van der Waals surface area contributed by atoms with Crippen LogP contribution in [0, 0.1) is 10.1 Å². The van der Waals surface area contributed by atoms with Crippen LogP contribution in [0.4, 0.5) is 11.5 Å². The minimum atomic E-state index is -0.565. The Kier molecular flexibility index (Phi) is 4.89. The van der Waals surface area contributed by atoms with Crippen LogP contribution >= 0.6 is 15.9 Å². The summed E-state index contributed by atoms with van der Waals surface area (Å²) in [6, 6.07) is 5.99. The van der Waals surface area contributed by atoms with Crippen LogP contribution in [0.1, 0.15) is 5.56 Å². The Morgan fingerprint density at radius 2 is 2.32 bits per heavy atom. The molecule has 8 nitrogen and oxygen atoms in total. The van der Waals surface area contributed by atoms with E-state index in [1.165, 1.54) is 31.7 Å². The number of methoxy groups -OCH3 is 1. The maximum absolute atomic E-state index is 10.8. The zero-order chi connectivity index (χ0) is 16.1. The summed E-state index contributed by atoms with van der Waals surface area (Å²) in [5, 5.41) is 24.7. The highest BCUT2D eigenvalue weighted by Gasteiger charge is 2.13. The molecular formula is C13H11BrN4O4. The van der Waals surface area contributed by atoms with E-state index < -0.39 is 4.92 Å². The predicted molar refractivity (Wildman–Crippen MR) is 84.5 cm³/mol. The Morgan fingerprint density at radius 3 is 3.00 bits per heavy atom. The van der Waals surface area contributed by atoms with Gasteiger partial charge in [0.15, 0.2) is 11.5 Å². The number of hydrazone groups is 1. The minimum Gasteiger partial charge on any atom is -0.504 e. The van der Waals surface area contributed by atoms with Gasteiger partial charge in [-0.2, -0.15) is 5.10 Å². The number of hydrogen-bond acceptors (Lipinski definition) is 7. The molecule has 2 N–H and O–H groups in total. The molecule has 1 heterocycles. The van der Waals surface area contributed by atoms with E-state index in [0.717, 1.165) is 0 Å². The Hall–Kier alpha value is -2.68. The van der Waals surface area contributed by atoms with Crippen molar-refractivity contribution in [2.45, 2.75) is 0 Å². The molecular weight excluding hydrogens is 356 g/mol. The first-order valence-electron chi connectivity index (χ1n) is 5.98. The van der Waals surface area contributed by atoms with Gasteiger partial charge in [0.2, 0.25) is 5.82 Å². The molecule has 0 amide bonds. The summed E-state index contributed by atoms with van der Waals surface area (Å²) in [7, 11) is 1.43. The summed E-state index contributed by atoms with van der Waals surface area (Å²) < 4.78 is 5.71. The van der Waals surface area contributed by atoms with Gasteiger partial charge in [0.1, 0.15) is 0 Å². The van der Waals surface area contributed by atoms with Gasteiger partial charge in [0.25, 0.3) is 0 Å². The molecule has 22 heavy (non-hydrogen) atoms. The zero-order valence-electron chi connectivity index (χ0n) is 11.4. The fraction of sp³-hybridized carbons (Fsp3) is 0.0769. The number of nitrogens with zero attached hydrogens (tertiary/aromatic N) is 3. The van der Waals surface area contributed by atoms with Crippen molar-refractivity contribution in [3.8, 4) is 11.5 Å².